The maximum atomic E-state index is 12.3. The van der Waals surface area contributed by atoms with Gasteiger partial charge in [0.2, 0.25) is 11.9 Å². The SMILES string of the molecule is CCCCC(C)C(C)C(CC(=O)O)C(=O)Nc1ncn[nH]1. The number of aromatic amines is 1. The number of H-pyrrole nitrogens is 1. The van der Waals surface area contributed by atoms with Gasteiger partial charge in [0.1, 0.15) is 6.33 Å². The molecule has 21 heavy (non-hydrogen) atoms. The van der Waals surface area contributed by atoms with Crippen LogP contribution in [0.3, 0.4) is 0 Å². The highest BCUT2D eigenvalue weighted by Crippen LogP contribution is 2.28. The molecule has 0 radical (unpaired) electrons. The van der Waals surface area contributed by atoms with E-state index in [2.05, 4.69) is 34.3 Å². The molecule has 1 rings (SSSR count). The lowest BCUT2D eigenvalue weighted by Crippen LogP contribution is -2.33. The molecular formula is C14H24N4O3. The average molecular weight is 296 g/mol. The normalized spacial score (nSPS) is 15.2. The number of rotatable bonds is 9. The molecule has 1 aromatic rings. The van der Waals surface area contributed by atoms with Crippen LogP contribution in [0, 0.1) is 17.8 Å². The predicted octanol–water partition coefficient (Wildman–Crippen LogP) is 2.30. The molecule has 1 heterocycles. The average Bonchev–Trinajstić information content (AvgIpc) is 2.93. The van der Waals surface area contributed by atoms with Crippen LogP contribution in [0.2, 0.25) is 0 Å². The molecule has 0 aliphatic carbocycles. The highest BCUT2D eigenvalue weighted by molar-refractivity contribution is 5.93. The van der Waals surface area contributed by atoms with Crippen LogP contribution in [0.15, 0.2) is 6.33 Å². The Kier molecular flexibility index (Phi) is 6.84. The zero-order chi connectivity index (χ0) is 15.8. The molecule has 0 saturated carbocycles. The number of nitrogens with one attached hydrogen (secondary N) is 2. The van der Waals surface area contributed by atoms with Crippen molar-refractivity contribution >= 4 is 17.8 Å². The van der Waals surface area contributed by atoms with Crippen molar-refractivity contribution in [1.82, 2.24) is 15.2 Å². The molecule has 3 unspecified atom stereocenters. The number of carbonyl (C=O) groups excluding carboxylic acids is 1. The minimum Gasteiger partial charge on any atom is -0.481 e. The number of amides is 1. The lowest BCUT2D eigenvalue weighted by molar-refractivity contribution is -0.141. The van der Waals surface area contributed by atoms with Gasteiger partial charge in [-0.25, -0.2) is 5.10 Å². The summed E-state index contributed by atoms with van der Waals surface area (Å²) in [6.45, 7) is 6.12. The van der Waals surface area contributed by atoms with Crippen molar-refractivity contribution in [3.05, 3.63) is 6.33 Å². The lowest BCUT2D eigenvalue weighted by atomic mass is 9.79. The number of carboxylic acid groups (broad SMARTS) is 1. The minimum atomic E-state index is -0.970. The largest absolute Gasteiger partial charge is 0.481 e. The Bertz CT molecular complexity index is 447. The number of aliphatic carboxylic acids is 1. The number of nitrogens with zero attached hydrogens (tertiary/aromatic N) is 2. The third-order valence-electron chi connectivity index (χ3n) is 3.93. The number of unbranched alkanes of at least 4 members (excludes halogenated alkanes) is 1. The molecule has 118 valence electrons. The van der Waals surface area contributed by atoms with Crippen LogP contribution in [0.5, 0.6) is 0 Å². The maximum Gasteiger partial charge on any atom is 0.304 e. The zero-order valence-electron chi connectivity index (χ0n) is 12.8. The summed E-state index contributed by atoms with van der Waals surface area (Å²) in [5.74, 6) is -1.37. The first-order chi connectivity index (χ1) is 9.95. The van der Waals surface area contributed by atoms with Crippen LogP contribution >= 0.6 is 0 Å². The topological polar surface area (TPSA) is 108 Å². The van der Waals surface area contributed by atoms with E-state index in [0.717, 1.165) is 19.3 Å². The van der Waals surface area contributed by atoms with Gasteiger partial charge >= 0.3 is 5.97 Å². The van der Waals surface area contributed by atoms with E-state index in [1.807, 2.05) is 6.92 Å². The van der Waals surface area contributed by atoms with Crippen molar-refractivity contribution in [1.29, 1.82) is 0 Å². The molecule has 0 aliphatic rings. The van der Waals surface area contributed by atoms with E-state index in [1.165, 1.54) is 6.33 Å². The summed E-state index contributed by atoms with van der Waals surface area (Å²) < 4.78 is 0. The standard InChI is InChI=1S/C14H24N4O3/c1-4-5-6-9(2)10(3)11(7-12(19)20)13(21)17-14-15-8-16-18-14/h8-11H,4-7H2,1-3H3,(H,19,20)(H2,15,16,17,18,21). The number of carbonyl (C=O) groups is 2. The van der Waals surface area contributed by atoms with E-state index in [1.54, 1.807) is 0 Å². The van der Waals surface area contributed by atoms with Crippen LogP contribution in [0.1, 0.15) is 46.5 Å². The third-order valence-corrected chi connectivity index (χ3v) is 3.93. The highest BCUT2D eigenvalue weighted by atomic mass is 16.4. The van der Waals surface area contributed by atoms with E-state index >= 15 is 0 Å². The summed E-state index contributed by atoms with van der Waals surface area (Å²) in [5, 5.41) is 17.8. The van der Waals surface area contributed by atoms with Crippen LogP contribution < -0.4 is 5.32 Å². The Hall–Kier alpha value is -1.92. The fourth-order valence-electron chi connectivity index (χ4n) is 2.37. The molecule has 7 nitrogen and oxygen atoms in total. The monoisotopic (exact) mass is 296 g/mol. The van der Waals surface area contributed by atoms with E-state index in [9.17, 15) is 9.59 Å². The fraction of sp³-hybridized carbons (Fsp3) is 0.714. The van der Waals surface area contributed by atoms with Gasteiger partial charge < -0.3 is 5.11 Å². The predicted molar refractivity (Wildman–Crippen MR) is 78.6 cm³/mol. The first kappa shape index (κ1) is 17.1. The maximum absolute atomic E-state index is 12.3. The molecule has 1 amide bonds. The van der Waals surface area contributed by atoms with Gasteiger partial charge in [0, 0.05) is 0 Å². The van der Waals surface area contributed by atoms with Gasteiger partial charge in [0.05, 0.1) is 12.3 Å². The van der Waals surface area contributed by atoms with Crippen LogP contribution in [-0.4, -0.2) is 32.2 Å². The van der Waals surface area contributed by atoms with Crippen LogP contribution in [-0.2, 0) is 9.59 Å². The van der Waals surface area contributed by atoms with E-state index < -0.39 is 11.9 Å². The Balaban J connectivity index is 2.73. The van der Waals surface area contributed by atoms with Gasteiger partial charge in [0.25, 0.3) is 0 Å². The first-order valence-electron chi connectivity index (χ1n) is 7.33. The third kappa shape index (κ3) is 5.53. The Morgan fingerprint density at radius 3 is 2.67 bits per heavy atom. The summed E-state index contributed by atoms with van der Waals surface area (Å²) >= 11 is 0. The number of anilines is 1. The summed E-state index contributed by atoms with van der Waals surface area (Å²) in [7, 11) is 0. The molecule has 0 fully saturated rings. The van der Waals surface area contributed by atoms with E-state index in [0.29, 0.717) is 0 Å². The van der Waals surface area contributed by atoms with Gasteiger partial charge in [-0.3, -0.25) is 14.9 Å². The first-order valence-corrected chi connectivity index (χ1v) is 7.33. The van der Waals surface area contributed by atoms with Crippen molar-refractivity contribution in [2.45, 2.75) is 46.5 Å². The van der Waals surface area contributed by atoms with Gasteiger partial charge in [-0.2, -0.15) is 10.1 Å². The van der Waals surface area contributed by atoms with Gasteiger partial charge in [0.15, 0.2) is 0 Å². The van der Waals surface area contributed by atoms with Crippen molar-refractivity contribution < 1.29 is 14.7 Å². The van der Waals surface area contributed by atoms with Crippen molar-refractivity contribution in [2.24, 2.45) is 17.8 Å². The van der Waals surface area contributed by atoms with Crippen LogP contribution in [0.4, 0.5) is 5.95 Å². The van der Waals surface area contributed by atoms with Crippen LogP contribution in [0.25, 0.3) is 0 Å². The molecule has 0 bridgehead atoms. The van der Waals surface area contributed by atoms with Gasteiger partial charge in [-0.15, -0.1) is 0 Å². The number of hydrogen-bond acceptors (Lipinski definition) is 4. The molecule has 3 atom stereocenters. The second-order valence-corrected chi connectivity index (χ2v) is 5.51. The second-order valence-electron chi connectivity index (χ2n) is 5.51. The number of aromatic nitrogens is 3. The zero-order valence-corrected chi connectivity index (χ0v) is 12.8. The molecule has 0 aliphatic heterocycles. The minimum absolute atomic E-state index is 0.0180. The molecule has 0 saturated heterocycles. The summed E-state index contributed by atoms with van der Waals surface area (Å²) in [6.07, 6.45) is 4.26. The van der Waals surface area contributed by atoms with Gasteiger partial charge in [-0.05, 0) is 11.8 Å². The summed E-state index contributed by atoms with van der Waals surface area (Å²) in [4.78, 5) is 27.2. The Morgan fingerprint density at radius 1 is 1.43 bits per heavy atom. The quantitative estimate of drug-likeness (QED) is 0.648. The Morgan fingerprint density at radius 2 is 2.14 bits per heavy atom. The van der Waals surface area contributed by atoms with Crippen molar-refractivity contribution in [3.8, 4) is 0 Å². The lowest BCUT2D eigenvalue weighted by Gasteiger charge is -2.26. The van der Waals surface area contributed by atoms with E-state index in [4.69, 9.17) is 5.11 Å². The molecule has 3 N–H and O–H groups in total. The fourth-order valence-corrected chi connectivity index (χ4v) is 2.37. The molecule has 0 spiro atoms. The molecule has 7 heteroatoms. The van der Waals surface area contributed by atoms with Gasteiger partial charge in [-0.1, -0.05) is 40.0 Å². The summed E-state index contributed by atoms with van der Waals surface area (Å²) in [6, 6.07) is 0. The number of carboxylic acids is 1. The Labute approximate surface area is 124 Å². The molecular weight excluding hydrogens is 272 g/mol. The van der Waals surface area contributed by atoms with E-state index in [-0.39, 0.29) is 30.1 Å². The molecule has 1 aromatic heterocycles. The molecule has 0 aromatic carbocycles. The smallest absolute Gasteiger partial charge is 0.304 e. The highest BCUT2D eigenvalue weighted by Gasteiger charge is 2.31. The second kappa shape index (κ2) is 8.39. The van der Waals surface area contributed by atoms with Crippen molar-refractivity contribution in [3.63, 3.8) is 0 Å². The number of hydrogen-bond donors (Lipinski definition) is 3. The van der Waals surface area contributed by atoms with Crippen molar-refractivity contribution in [2.75, 3.05) is 5.32 Å². The summed E-state index contributed by atoms with van der Waals surface area (Å²) in [5.41, 5.74) is 0.